The molecule has 1 heterocycles. The average molecular weight is 419 g/mol. The number of hydrogen-bond acceptors (Lipinski definition) is 4. The highest BCUT2D eigenvalue weighted by Crippen LogP contribution is 2.50. The summed E-state index contributed by atoms with van der Waals surface area (Å²) in [6.45, 7) is 6.32. The van der Waals surface area contributed by atoms with Gasteiger partial charge in [-0.3, -0.25) is 4.79 Å². The van der Waals surface area contributed by atoms with Crippen LogP contribution in [0.25, 0.3) is 5.69 Å². The molecule has 1 saturated carbocycles. The molecule has 6 nitrogen and oxygen atoms in total. The van der Waals surface area contributed by atoms with Gasteiger partial charge in [-0.1, -0.05) is 13.8 Å². The average Bonchev–Trinajstić information content (AvgIpc) is 3.08. The van der Waals surface area contributed by atoms with Gasteiger partial charge in [-0.05, 0) is 31.2 Å². The van der Waals surface area contributed by atoms with E-state index in [9.17, 15) is 9.18 Å². The molecule has 2 aromatic rings. The zero-order valence-electron chi connectivity index (χ0n) is 15.4. The molecule has 3 rings (SSSR count). The number of nitrogens with zero attached hydrogens (tertiary/aromatic N) is 2. The lowest BCUT2D eigenvalue weighted by molar-refractivity contribution is -0.166. The number of nitrogens with two attached hydrogens (primary N) is 1. The van der Waals surface area contributed by atoms with Gasteiger partial charge >= 0.3 is 0 Å². The molecule has 3 N–H and O–H groups in total. The number of carbonyl (C=O) groups excluding carboxylic acids is 1. The van der Waals surface area contributed by atoms with Crippen molar-refractivity contribution in [3.8, 4) is 5.69 Å². The lowest BCUT2D eigenvalue weighted by Crippen LogP contribution is -2.74. The van der Waals surface area contributed by atoms with Crippen LogP contribution in [0.15, 0.2) is 36.7 Å². The van der Waals surface area contributed by atoms with E-state index in [1.165, 1.54) is 10.7 Å². The van der Waals surface area contributed by atoms with Gasteiger partial charge in [0.15, 0.2) is 5.82 Å². The smallest absolute Gasteiger partial charge is 0.245 e. The molecule has 0 radical (unpaired) electrons. The van der Waals surface area contributed by atoms with E-state index < -0.39 is 16.8 Å². The number of hydrogen-bond donors (Lipinski definition) is 2. The highest BCUT2D eigenvalue weighted by Gasteiger charge is 2.62. The minimum Gasteiger partial charge on any atom is -0.378 e. The summed E-state index contributed by atoms with van der Waals surface area (Å²) < 4.78 is 21.4. The van der Waals surface area contributed by atoms with Crippen LogP contribution in [0.2, 0.25) is 0 Å². The Labute approximate surface area is 170 Å². The summed E-state index contributed by atoms with van der Waals surface area (Å²) in [6, 6.07) is 6.17. The molecule has 9 heteroatoms. The fraction of sp³-hybridized carbons (Fsp3) is 0.444. The van der Waals surface area contributed by atoms with Crippen molar-refractivity contribution < 1.29 is 13.9 Å². The molecule has 150 valence electrons. The maximum atomic E-state index is 14.3. The Balaban J connectivity index is 0.00000182. The quantitative estimate of drug-likeness (QED) is 0.779. The van der Waals surface area contributed by atoms with Crippen molar-refractivity contribution >= 4 is 36.4 Å². The van der Waals surface area contributed by atoms with E-state index in [0.717, 1.165) is 0 Å². The Morgan fingerprint density at radius 2 is 2.15 bits per heavy atom. The fourth-order valence-corrected chi connectivity index (χ4v) is 3.24. The molecule has 0 aliphatic heterocycles. The summed E-state index contributed by atoms with van der Waals surface area (Å²) in [5.74, 6) is -0.813. The first-order chi connectivity index (χ1) is 11.8. The normalized spacial score (nSPS) is 22.8. The zero-order chi connectivity index (χ0) is 18.2. The number of amides is 1. The first-order valence-corrected chi connectivity index (χ1v) is 8.31. The molecule has 0 bridgehead atoms. The molecule has 0 saturated heterocycles. The summed E-state index contributed by atoms with van der Waals surface area (Å²) in [5.41, 5.74) is 5.46. The van der Waals surface area contributed by atoms with Crippen molar-refractivity contribution in [3.05, 3.63) is 42.5 Å². The largest absolute Gasteiger partial charge is 0.378 e. The molecule has 2 unspecified atom stereocenters. The van der Waals surface area contributed by atoms with Gasteiger partial charge in [-0.15, -0.1) is 24.8 Å². The molecule has 1 aromatic carbocycles. The topological polar surface area (TPSA) is 82.2 Å². The number of ether oxygens (including phenoxy) is 1. The minimum absolute atomic E-state index is 0. The van der Waals surface area contributed by atoms with E-state index in [1.807, 2.05) is 20.8 Å². The van der Waals surface area contributed by atoms with Gasteiger partial charge < -0.3 is 15.8 Å². The third kappa shape index (κ3) is 3.96. The van der Waals surface area contributed by atoms with E-state index >= 15 is 0 Å². The molecule has 1 fully saturated rings. The van der Waals surface area contributed by atoms with Crippen molar-refractivity contribution in [1.82, 2.24) is 9.78 Å². The second-order valence-electron chi connectivity index (χ2n) is 6.91. The number of nitrogens with one attached hydrogen (secondary N) is 1. The van der Waals surface area contributed by atoms with Gasteiger partial charge in [0.25, 0.3) is 0 Å². The van der Waals surface area contributed by atoms with Crippen LogP contribution in [0.3, 0.4) is 0 Å². The summed E-state index contributed by atoms with van der Waals surface area (Å²) in [5, 5.41) is 6.73. The van der Waals surface area contributed by atoms with Gasteiger partial charge in [0.05, 0.1) is 6.10 Å². The summed E-state index contributed by atoms with van der Waals surface area (Å²) in [6.07, 6.45) is 3.59. The summed E-state index contributed by atoms with van der Waals surface area (Å²) in [7, 11) is 0. The number of halogens is 3. The van der Waals surface area contributed by atoms with E-state index in [-0.39, 0.29) is 36.8 Å². The molecular weight excluding hydrogens is 394 g/mol. The van der Waals surface area contributed by atoms with Gasteiger partial charge in [-0.2, -0.15) is 5.10 Å². The number of carbonyl (C=O) groups is 1. The molecule has 0 spiro atoms. The fourth-order valence-electron chi connectivity index (χ4n) is 3.24. The van der Waals surface area contributed by atoms with Crippen molar-refractivity contribution in [2.24, 2.45) is 11.1 Å². The molecule has 27 heavy (non-hydrogen) atoms. The SMILES string of the molecule is CCOC1CC(N)(C(=O)Nc2ccc(-n3cccn3)c(F)c2)C1(C)C.Cl.Cl. The maximum absolute atomic E-state index is 14.3. The van der Waals surface area contributed by atoms with Gasteiger partial charge in [0, 0.05) is 36.5 Å². The van der Waals surface area contributed by atoms with Gasteiger partial charge in [0.2, 0.25) is 5.91 Å². The monoisotopic (exact) mass is 418 g/mol. The first-order valence-electron chi connectivity index (χ1n) is 8.31. The van der Waals surface area contributed by atoms with Crippen LogP contribution in [-0.2, 0) is 9.53 Å². The molecule has 1 amide bonds. The van der Waals surface area contributed by atoms with E-state index in [4.69, 9.17) is 10.5 Å². The van der Waals surface area contributed by atoms with Crippen LogP contribution in [0.1, 0.15) is 27.2 Å². The standard InChI is InChI=1S/C18H23FN4O2.2ClH/c1-4-25-15-11-18(20,17(15,2)3)16(24)22-12-6-7-14(13(19)10-12)23-9-5-8-21-23;;/h5-10,15H,4,11,20H2,1-3H3,(H,22,24);2*1H. The second kappa shape index (κ2) is 8.56. The first kappa shape index (κ1) is 23.4. The Bertz CT molecular complexity index is 786. The van der Waals surface area contributed by atoms with Crippen LogP contribution >= 0.6 is 24.8 Å². The van der Waals surface area contributed by atoms with Crippen LogP contribution in [0.5, 0.6) is 0 Å². The molecular formula is C18H25Cl2FN4O2. The third-order valence-electron chi connectivity index (χ3n) is 5.19. The van der Waals surface area contributed by atoms with Crippen molar-refractivity contribution in [2.75, 3.05) is 11.9 Å². The second-order valence-corrected chi connectivity index (χ2v) is 6.91. The van der Waals surface area contributed by atoms with Crippen molar-refractivity contribution in [1.29, 1.82) is 0 Å². The van der Waals surface area contributed by atoms with Crippen molar-refractivity contribution in [3.63, 3.8) is 0 Å². The predicted molar refractivity (Wildman–Crippen MR) is 107 cm³/mol. The third-order valence-corrected chi connectivity index (χ3v) is 5.19. The number of anilines is 1. The van der Waals surface area contributed by atoms with E-state index in [2.05, 4.69) is 10.4 Å². The Morgan fingerprint density at radius 1 is 1.44 bits per heavy atom. The molecule has 2 atom stereocenters. The number of rotatable bonds is 5. The maximum Gasteiger partial charge on any atom is 0.245 e. The Kier molecular flexibility index (Phi) is 7.41. The van der Waals surface area contributed by atoms with Gasteiger partial charge in [-0.25, -0.2) is 9.07 Å². The lowest BCUT2D eigenvalue weighted by Gasteiger charge is -2.57. The molecule has 1 aliphatic rings. The number of benzene rings is 1. The van der Waals surface area contributed by atoms with Crippen LogP contribution < -0.4 is 11.1 Å². The van der Waals surface area contributed by atoms with Crippen LogP contribution in [0, 0.1) is 11.2 Å². The zero-order valence-corrected chi connectivity index (χ0v) is 17.1. The lowest BCUT2D eigenvalue weighted by atomic mass is 9.54. The highest BCUT2D eigenvalue weighted by molar-refractivity contribution is 5.99. The van der Waals surface area contributed by atoms with E-state index in [1.54, 1.807) is 30.6 Å². The van der Waals surface area contributed by atoms with Gasteiger partial charge in [0.1, 0.15) is 11.2 Å². The highest BCUT2D eigenvalue weighted by atomic mass is 35.5. The van der Waals surface area contributed by atoms with Crippen LogP contribution in [0.4, 0.5) is 10.1 Å². The molecule has 1 aliphatic carbocycles. The van der Waals surface area contributed by atoms with Crippen molar-refractivity contribution in [2.45, 2.75) is 38.8 Å². The summed E-state index contributed by atoms with van der Waals surface area (Å²) >= 11 is 0. The number of aromatic nitrogens is 2. The Hall–Kier alpha value is -1.67. The molecule has 1 aromatic heterocycles. The summed E-state index contributed by atoms with van der Waals surface area (Å²) in [4.78, 5) is 12.7. The van der Waals surface area contributed by atoms with E-state index in [0.29, 0.717) is 24.4 Å². The Morgan fingerprint density at radius 3 is 2.67 bits per heavy atom. The predicted octanol–water partition coefficient (Wildman–Crippen LogP) is 3.33. The minimum atomic E-state index is -1.05. The van der Waals surface area contributed by atoms with Crippen LogP contribution in [-0.4, -0.2) is 33.9 Å².